The van der Waals surface area contributed by atoms with Crippen molar-refractivity contribution < 1.29 is 19.2 Å². The lowest BCUT2D eigenvalue weighted by Crippen LogP contribution is -2.36. The van der Waals surface area contributed by atoms with Crippen LogP contribution in [0.4, 0.5) is 11.4 Å². The predicted octanol–water partition coefficient (Wildman–Crippen LogP) is 2.73. The molecule has 3 N–H and O–H groups in total. The standard InChI is InChI=1S/C18H23N3O5/c1-12(17(22)20-10-9-13-5-3-2-4-6-13)26-18(23)15-11-14(21(24)25)7-8-16(15)19/h5,7-8,11-12H,2-4,6,9-10,19H2,1H3,(H,20,22)/t12-/m0/s1. The summed E-state index contributed by atoms with van der Waals surface area (Å²) in [6, 6.07) is 3.50. The number of hydrogen-bond acceptors (Lipinski definition) is 6. The maximum atomic E-state index is 12.2. The molecule has 8 nitrogen and oxygen atoms in total. The molecule has 1 amide bonds. The summed E-state index contributed by atoms with van der Waals surface area (Å²) in [6.45, 7) is 1.92. The summed E-state index contributed by atoms with van der Waals surface area (Å²) in [4.78, 5) is 34.4. The summed E-state index contributed by atoms with van der Waals surface area (Å²) in [5.74, 6) is -1.29. The van der Waals surface area contributed by atoms with Crippen LogP contribution in [0, 0.1) is 10.1 Å². The number of hydrogen-bond donors (Lipinski definition) is 2. The molecule has 0 unspecified atom stereocenters. The van der Waals surface area contributed by atoms with Gasteiger partial charge in [-0.2, -0.15) is 0 Å². The number of allylic oxidation sites excluding steroid dienone is 1. The van der Waals surface area contributed by atoms with Gasteiger partial charge in [0.1, 0.15) is 0 Å². The van der Waals surface area contributed by atoms with E-state index in [1.54, 1.807) is 0 Å². The van der Waals surface area contributed by atoms with Crippen LogP contribution in [0.5, 0.6) is 0 Å². The summed E-state index contributed by atoms with van der Waals surface area (Å²) in [6.07, 6.45) is 6.51. The highest BCUT2D eigenvalue weighted by molar-refractivity contribution is 5.97. The van der Waals surface area contributed by atoms with E-state index in [2.05, 4.69) is 11.4 Å². The molecule has 1 aliphatic carbocycles. The Hall–Kier alpha value is -2.90. The molecule has 0 radical (unpaired) electrons. The van der Waals surface area contributed by atoms with E-state index >= 15 is 0 Å². The molecule has 140 valence electrons. The van der Waals surface area contributed by atoms with Crippen molar-refractivity contribution in [3.8, 4) is 0 Å². The normalized spacial score (nSPS) is 14.9. The van der Waals surface area contributed by atoms with Gasteiger partial charge in [-0.05, 0) is 45.1 Å². The number of nitro groups is 1. The van der Waals surface area contributed by atoms with Crippen LogP contribution < -0.4 is 11.1 Å². The van der Waals surface area contributed by atoms with Crippen LogP contribution in [-0.2, 0) is 9.53 Å². The molecule has 26 heavy (non-hydrogen) atoms. The lowest BCUT2D eigenvalue weighted by atomic mass is 9.97. The van der Waals surface area contributed by atoms with Crippen molar-refractivity contribution in [2.24, 2.45) is 0 Å². The fourth-order valence-corrected chi connectivity index (χ4v) is 2.73. The Bertz CT molecular complexity index is 730. The average Bonchev–Trinajstić information content (AvgIpc) is 2.62. The van der Waals surface area contributed by atoms with E-state index in [4.69, 9.17) is 10.5 Å². The van der Waals surface area contributed by atoms with Gasteiger partial charge < -0.3 is 15.8 Å². The molecule has 0 fully saturated rings. The Morgan fingerprint density at radius 3 is 2.81 bits per heavy atom. The third kappa shape index (κ3) is 5.30. The number of ether oxygens (including phenoxy) is 1. The second kappa shape index (κ2) is 8.98. The molecule has 2 rings (SSSR count). The van der Waals surface area contributed by atoms with E-state index in [1.807, 2.05) is 0 Å². The second-order valence-electron chi connectivity index (χ2n) is 6.23. The summed E-state index contributed by atoms with van der Waals surface area (Å²) in [5.41, 5.74) is 6.66. The number of benzene rings is 1. The van der Waals surface area contributed by atoms with Gasteiger partial charge >= 0.3 is 5.97 Å². The van der Waals surface area contributed by atoms with Crippen molar-refractivity contribution >= 4 is 23.3 Å². The van der Waals surface area contributed by atoms with Crippen molar-refractivity contribution in [1.82, 2.24) is 5.32 Å². The van der Waals surface area contributed by atoms with Gasteiger partial charge in [-0.25, -0.2) is 4.79 Å². The van der Waals surface area contributed by atoms with Crippen molar-refractivity contribution in [1.29, 1.82) is 0 Å². The minimum absolute atomic E-state index is 0.0532. The van der Waals surface area contributed by atoms with Crippen molar-refractivity contribution in [3.05, 3.63) is 45.5 Å². The number of nitrogen functional groups attached to an aromatic ring is 1. The highest BCUT2D eigenvalue weighted by Crippen LogP contribution is 2.21. The second-order valence-corrected chi connectivity index (χ2v) is 6.23. The number of nitro benzene ring substituents is 1. The molecule has 8 heteroatoms. The zero-order chi connectivity index (χ0) is 19.1. The molecule has 0 saturated carbocycles. The van der Waals surface area contributed by atoms with Crippen molar-refractivity contribution in [3.63, 3.8) is 0 Å². The van der Waals surface area contributed by atoms with Crippen LogP contribution >= 0.6 is 0 Å². The number of carbonyl (C=O) groups excluding carboxylic acids is 2. The maximum Gasteiger partial charge on any atom is 0.341 e. The highest BCUT2D eigenvalue weighted by atomic mass is 16.6. The van der Waals surface area contributed by atoms with Crippen LogP contribution in [0.25, 0.3) is 0 Å². The molecule has 1 aromatic rings. The number of amides is 1. The quantitative estimate of drug-likeness (QED) is 0.253. The van der Waals surface area contributed by atoms with Crippen LogP contribution in [-0.4, -0.2) is 29.4 Å². The largest absolute Gasteiger partial charge is 0.449 e. The van der Waals surface area contributed by atoms with Gasteiger partial charge in [-0.1, -0.05) is 11.6 Å². The van der Waals surface area contributed by atoms with E-state index in [-0.39, 0.29) is 16.9 Å². The number of esters is 1. The summed E-state index contributed by atoms with van der Waals surface area (Å²) in [7, 11) is 0. The molecule has 1 aromatic carbocycles. The van der Waals surface area contributed by atoms with Crippen molar-refractivity contribution in [2.75, 3.05) is 12.3 Å². The molecule has 0 aliphatic heterocycles. The Morgan fingerprint density at radius 2 is 2.15 bits per heavy atom. The van der Waals surface area contributed by atoms with Crippen LogP contribution in [0.15, 0.2) is 29.8 Å². The van der Waals surface area contributed by atoms with E-state index < -0.39 is 22.9 Å². The zero-order valence-electron chi connectivity index (χ0n) is 14.7. The number of nitrogens with two attached hydrogens (primary N) is 1. The third-order valence-corrected chi connectivity index (χ3v) is 4.25. The molecular formula is C18H23N3O5. The highest BCUT2D eigenvalue weighted by Gasteiger charge is 2.22. The Morgan fingerprint density at radius 1 is 1.38 bits per heavy atom. The van der Waals surface area contributed by atoms with Gasteiger partial charge in [0, 0.05) is 24.4 Å². The Kier molecular flexibility index (Phi) is 6.71. The molecular weight excluding hydrogens is 338 g/mol. The first-order chi connectivity index (χ1) is 12.4. The topological polar surface area (TPSA) is 125 Å². The first-order valence-corrected chi connectivity index (χ1v) is 8.59. The van der Waals surface area contributed by atoms with Gasteiger partial charge in [-0.3, -0.25) is 14.9 Å². The maximum absolute atomic E-state index is 12.2. The Labute approximate surface area is 151 Å². The lowest BCUT2D eigenvalue weighted by Gasteiger charge is -2.16. The van der Waals surface area contributed by atoms with E-state index in [0.717, 1.165) is 25.3 Å². The van der Waals surface area contributed by atoms with Crippen LogP contribution in [0.1, 0.15) is 49.4 Å². The molecule has 0 heterocycles. The van der Waals surface area contributed by atoms with Gasteiger partial charge in [0.05, 0.1) is 10.5 Å². The van der Waals surface area contributed by atoms with Gasteiger partial charge in [-0.15, -0.1) is 0 Å². The molecule has 0 bridgehead atoms. The van der Waals surface area contributed by atoms with Crippen LogP contribution in [0.2, 0.25) is 0 Å². The van der Waals surface area contributed by atoms with Gasteiger partial charge in [0.2, 0.25) is 0 Å². The molecule has 1 aliphatic rings. The van der Waals surface area contributed by atoms with E-state index in [1.165, 1.54) is 37.5 Å². The Balaban J connectivity index is 1.87. The number of rotatable bonds is 7. The smallest absolute Gasteiger partial charge is 0.341 e. The lowest BCUT2D eigenvalue weighted by molar-refractivity contribution is -0.384. The minimum Gasteiger partial charge on any atom is -0.449 e. The first kappa shape index (κ1) is 19.4. The monoisotopic (exact) mass is 361 g/mol. The fraction of sp³-hybridized carbons (Fsp3) is 0.444. The molecule has 0 saturated heterocycles. The summed E-state index contributed by atoms with van der Waals surface area (Å²) in [5, 5.41) is 13.5. The summed E-state index contributed by atoms with van der Waals surface area (Å²) >= 11 is 0. The fourth-order valence-electron chi connectivity index (χ4n) is 2.73. The third-order valence-electron chi connectivity index (χ3n) is 4.25. The molecule has 0 spiro atoms. The average molecular weight is 361 g/mol. The number of nitrogens with one attached hydrogen (secondary N) is 1. The van der Waals surface area contributed by atoms with E-state index in [0.29, 0.717) is 6.54 Å². The number of anilines is 1. The van der Waals surface area contributed by atoms with E-state index in [9.17, 15) is 19.7 Å². The zero-order valence-corrected chi connectivity index (χ0v) is 14.7. The number of nitrogens with zero attached hydrogens (tertiary/aromatic N) is 1. The van der Waals surface area contributed by atoms with Gasteiger partial charge in [0.25, 0.3) is 11.6 Å². The molecule has 0 aromatic heterocycles. The number of non-ortho nitro benzene ring substituents is 1. The SMILES string of the molecule is C[C@H](OC(=O)c1cc([N+](=O)[O-])ccc1N)C(=O)NCCC1=CCCCC1. The van der Waals surface area contributed by atoms with Crippen LogP contribution in [0.3, 0.4) is 0 Å². The minimum atomic E-state index is -1.03. The van der Waals surface area contributed by atoms with Crippen molar-refractivity contribution in [2.45, 2.75) is 45.1 Å². The first-order valence-electron chi connectivity index (χ1n) is 8.59. The summed E-state index contributed by atoms with van der Waals surface area (Å²) < 4.78 is 5.09. The molecule has 1 atom stereocenters. The number of carbonyl (C=O) groups is 2. The predicted molar refractivity (Wildman–Crippen MR) is 96.6 cm³/mol. The van der Waals surface area contributed by atoms with Gasteiger partial charge in [0.15, 0.2) is 6.10 Å².